The third-order valence-electron chi connectivity index (χ3n) is 2.15. The number of carbonyl (C=O) groups excluding carboxylic acids is 1. The molecule has 0 radical (unpaired) electrons. The Kier molecular flexibility index (Phi) is 5.05. The topological polar surface area (TPSA) is 58.6 Å². The lowest BCUT2D eigenvalue weighted by Gasteiger charge is -2.12. The fourth-order valence-electron chi connectivity index (χ4n) is 1.23. The van der Waals surface area contributed by atoms with Gasteiger partial charge in [-0.3, -0.25) is 4.79 Å². The highest BCUT2D eigenvalue weighted by Crippen LogP contribution is 2.34. The van der Waals surface area contributed by atoms with Crippen LogP contribution in [-0.4, -0.2) is 24.7 Å². The average molecular weight is 278 g/mol. The summed E-state index contributed by atoms with van der Waals surface area (Å²) in [6.45, 7) is 2.06. The quantitative estimate of drug-likeness (QED) is 0.832. The summed E-state index contributed by atoms with van der Waals surface area (Å²) in [6.07, 6.45) is 0. The highest BCUT2D eigenvalue weighted by molar-refractivity contribution is 6.37. The van der Waals surface area contributed by atoms with Crippen molar-refractivity contribution < 1.29 is 14.6 Å². The molecule has 4 nitrogen and oxygen atoms in total. The number of phenolic OH excluding ortho intramolecular Hbond substituents is 1. The first-order valence-electron chi connectivity index (χ1n) is 4.93. The molecule has 1 amide bonds. The van der Waals surface area contributed by atoms with E-state index in [9.17, 15) is 9.90 Å². The fraction of sp³-hybridized carbons (Fsp3) is 0.364. The van der Waals surface area contributed by atoms with Crippen molar-refractivity contribution in [1.29, 1.82) is 0 Å². The van der Waals surface area contributed by atoms with E-state index in [1.165, 1.54) is 19.2 Å². The number of anilines is 1. The number of phenols is 1. The zero-order valence-corrected chi connectivity index (χ0v) is 11.0. The van der Waals surface area contributed by atoms with Gasteiger partial charge in [-0.25, -0.2) is 0 Å². The molecule has 2 N–H and O–H groups in total. The molecule has 0 bridgehead atoms. The third-order valence-corrected chi connectivity index (χ3v) is 2.72. The minimum atomic E-state index is -0.286. The van der Waals surface area contributed by atoms with Crippen LogP contribution in [0.1, 0.15) is 6.92 Å². The highest BCUT2D eigenvalue weighted by Gasteiger charge is 2.14. The molecule has 0 aliphatic rings. The molecule has 0 saturated carbocycles. The number of nitrogens with one attached hydrogen (secondary N) is 1. The Labute approximate surface area is 109 Å². The molecule has 1 rings (SSSR count). The van der Waals surface area contributed by atoms with Gasteiger partial charge in [0.1, 0.15) is 0 Å². The number of amides is 1. The van der Waals surface area contributed by atoms with Gasteiger partial charge in [0.05, 0.1) is 22.6 Å². The van der Waals surface area contributed by atoms with Crippen molar-refractivity contribution in [3.63, 3.8) is 0 Å². The van der Waals surface area contributed by atoms with Gasteiger partial charge in [-0.05, 0) is 12.1 Å². The maximum absolute atomic E-state index is 11.7. The standard InChI is InChI=1S/C11H13Cl2NO3/c1-6(5-17-2)11(16)14-7-3-8(12)10(15)9(13)4-7/h3-4,6,15H,5H2,1-2H3,(H,14,16). The molecule has 6 heteroatoms. The van der Waals surface area contributed by atoms with Crippen molar-refractivity contribution in [3.05, 3.63) is 22.2 Å². The van der Waals surface area contributed by atoms with Gasteiger partial charge in [-0.2, -0.15) is 0 Å². The van der Waals surface area contributed by atoms with E-state index in [0.717, 1.165) is 0 Å². The Morgan fingerprint density at radius 2 is 2.00 bits per heavy atom. The largest absolute Gasteiger partial charge is 0.505 e. The summed E-state index contributed by atoms with van der Waals surface area (Å²) in [5.41, 5.74) is 0.436. The number of ether oxygens (including phenoxy) is 1. The van der Waals surface area contributed by atoms with Gasteiger partial charge in [0.2, 0.25) is 5.91 Å². The summed E-state index contributed by atoms with van der Waals surface area (Å²) in [6, 6.07) is 2.86. The number of hydrogen-bond donors (Lipinski definition) is 2. The Bertz CT molecular complexity index is 400. The van der Waals surface area contributed by atoms with E-state index in [-0.39, 0.29) is 27.6 Å². The molecule has 0 aromatic heterocycles. The molecular weight excluding hydrogens is 265 g/mol. The van der Waals surface area contributed by atoms with Crippen LogP contribution in [0.15, 0.2) is 12.1 Å². The fourth-order valence-corrected chi connectivity index (χ4v) is 1.72. The first-order chi connectivity index (χ1) is 7.95. The molecule has 1 unspecified atom stereocenters. The molecule has 94 valence electrons. The third kappa shape index (κ3) is 3.77. The lowest BCUT2D eigenvalue weighted by Crippen LogP contribution is -2.23. The van der Waals surface area contributed by atoms with E-state index >= 15 is 0 Å². The zero-order valence-electron chi connectivity index (χ0n) is 9.46. The molecule has 0 heterocycles. The number of carbonyl (C=O) groups is 1. The van der Waals surface area contributed by atoms with Crippen LogP contribution in [-0.2, 0) is 9.53 Å². The van der Waals surface area contributed by atoms with E-state index < -0.39 is 0 Å². The molecule has 0 fully saturated rings. The summed E-state index contributed by atoms with van der Waals surface area (Å²) in [5.74, 6) is -0.688. The summed E-state index contributed by atoms with van der Waals surface area (Å²) >= 11 is 11.5. The minimum Gasteiger partial charge on any atom is -0.505 e. The molecular formula is C11H13Cl2NO3. The normalized spacial score (nSPS) is 12.2. The first kappa shape index (κ1) is 14.1. The van der Waals surface area contributed by atoms with Crippen molar-refractivity contribution in [1.82, 2.24) is 0 Å². The SMILES string of the molecule is COCC(C)C(=O)Nc1cc(Cl)c(O)c(Cl)c1. The van der Waals surface area contributed by atoms with Crippen molar-refractivity contribution in [3.8, 4) is 5.75 Å². The number of halogens is 2. The van der Waals surface area contributed by atoms with E-state index in [4.69, 9.17) is 27.9 Å². The smallest absolute Gasteiger partial charge is 0.229 e. The number of methoxy groups -OCH3 is 1. The molecule has 0 aliphatic carbocycles. The van der Waals surface area contributed by atoms with Gasteiger partial charge < -0.3 is 15.2 Å². The lowest BCUT2D eigenvalue weighted by atomic mass is 10.2. The monoisotopic (exact) mass is 277 g/mol. The Balaban J connectivity index is 2.79. The van der Waals surface area contributed by atoms with Gasteiger partial charge in [-0.1, -0.05) is 30.1 Å². The minimum absolute atomic E-state index is 0.0900. The van der Waals surface area contributed by atoms with Crippen molar-refractivity contribution >= 4 is 34.8 Å². The van der Waals surface area contributed by atoms with Crippen LogP contribution in [0.2, 0.25) is 10.0 Å². The van der Waals surface area contributed by atoms with Crippen LogP contribution in [0.5, 0.6) is 5.75 Å². The molecule has 1 atom stereocenters. The van der Waals surface area contributed by atoms with E-state index in [2.05, 4.69) is 5.32 Å². The maximum Gasteiger partial charge on any atom is 0.229 e. The van der Waals surface area contributed by atoms with E-state index in [1.54, 1.807) is 6.92 Å². The number of hydrogen-bond acceptors (Lipinski definition) is 3. The second-order valence-electron chi connectivity index (χ2n) is 3.63. The lowest BCUT2D eigenvalue weighted by molar-refractivity contribution is -0.120. The predicted octanol–water partition coefficient (Wildman–Crippen LogP) is 2.92. The van der Waals surface area contributed by atoms with Crippen LogP contribution >= 0.6 is 23.2 Å². The molecule has 17 heavy (non-hydrogen) atoms. The van der Waals surface area contributed by atoms with Gasteiger partial charge in [0.25, 0.3) is 0 Å². The number of aromatic hydroxyl groups is 1. The molecule has 0 aliphatic heterocycles. The van der Waals surface area contributed by atoms with Gasteiger partial charge in [0.15, 0.2) is 5.75 Å². The highest BCUT2D eigenvalue weighted by atomic mass is 35.5. The van der Waals surface area contributed by atoms with Crippen LogP contribution in [0.25, 0.3) is 0 Å². The first-order valence-corrected chi connectivity index (χ1v) is 5.69. The van der Waals surface area contributed by atoms with Gasteiger partial charge >= 0.3 is 0 Å². The second-order valence-corrected chi connectivity index (χ2v) is 4.45. The molecule has 1 aromatic rings. The Morgan fingerprint density at radius 1 is 1.47 bits per heavy atom. The second kappa shape index (κ2) is 6.10. The Hall–Kier alpha value is -0.970. The van der Waals surface area contributed by atoms with Gasteiger partial charge in [0, 0.05) is 12.8 Å². The zero-order chi connectivity index (χ0) is 13.0. The summed E-state index contributed by atoms with van der Waals surface area (Å²) in [4.78, 5) is 11.7. The molecule has 0 spiro atoms. The summed E-state index contributed by atoms with van der Waals surface area (Å²) in [7, 11) is 1.53. The van der Waals surface area contributed by atoms with Crippen molar-refractivity contribution in [2.24, 2.45) is 5.92 Å². The maximum atomic E-state index is 11.7. The number of rotatable bonds is 4. The van der Waals surface area contributed by atoms with Gasteiger partial charge in [-0.15, -0.1) is 0 Å². The summed E-state index contributed by atoms with van der Waals surface area (Å²) in [5, 5.41) is 12.2. The molecule has 1 aromatic carbocycles. The van der Waals surface area contributed by atoms with Crippen LogP contribution in [0.4, 0.5) is 5.69 Å². The van der Waals surface area contributed by atoms with E-state index in [1.807, 2.05) is 0 Å². The van der Waals surface area contributed by atoms with Crippen molar-refractivity contribution in [2.75, 3.05) is 19.0 Å². The van der Waals surface area contributed by atoms with Crippen LogP contribution in [0, 0.1) is 5.92 Å². The average Bonchev–Trinajstić information content (AvgIpc) is 2.26. The number of benzene rings is 1. The van der Waals surface area contributed by atoms with Crippen LogP contribution in [0.3, 0.4) is 0 Å². The predicted molar refractivity (Wildman–Crippen MR) is 67.8 cm³/mol. The van der Waals surface area contributed by atoms with E-state index in [0.29, 0.717) is 12.3 Å². The molecule has 0 saturated heterocycles. The van der Waals surface area contributed by atoms with Crippen LogP contribution < -0.4 is 5.32 Å². The Morgan fingerprint density at radius 3 is 2.47 bits per heavy atom. The van der Waals surface area contributed by atoms with Crippen molar-refractivity contribution in [2.45, 2.75) is 6.92 Å². The summed E-state index contributed by atoms with van der Waals surface area (Å²) < 4.78 is 4.88.